The highest BCUT2D eigenvalue weighted by atomic mass is 127. The minimum atomic E-state index is 0. The first-order chi connectivity index (χ1) is 11.8. The second kappa shape index (κ2) is 9.99. The monoisotopic (exact) mass is 445 g/mol. The van der Waals surface area contributed by atoms with Crippen LogP contribution in [0, 0.1) is 11.8 Å². The van der Waals surface area contributed by atoms with Crippen LogP contribution in [0.3, 0.4) is 0 Å². The summed E-state index contributed by atoms with van der Waals surface area (Å²) in [5.41, 5.74) is 2.72. The molecule has 0 N–H and O–H groups in total. The van der Waals surface area contributed by atoms with Crippen molar-refractivity contribution < 1.29 is 28.5 Å². The number of hydrogen-bond donors (Lipinski definition) is 0. The number of halogens is 1. The van der Waals surface area contributed by atoms with Crippen molar-refractivity contribution in [2.24, 2.45) is 0 Å². The van der Waals surface area contributed by atoms with Crippen molar-refractivity contribution in [3.8, 4) is 11.8 Å². The lowest BCUT2D eigenvalue weighted by Gasteiger charge is -2.36. The molecule has 2 aromatic carbocycles. The number of nitrogens with zero attached hydrogens (tertiary/aromatic N) is 1. The molecule has 0 atom stereocenters. The van der Waals surface area contributed by atoms with Gasteiger partial charge in [-0.15, -0.1) is 0 Å². The summed E-state index contributed by atoms with van der Waals surface area (Å²) < 4.78 is 1.13. The van der Waals surface area contributed by atoms with Gasteiger partial charge in [0.2, 0.25) is 0 Å². The van der Waals surface area contributed by atoms with Crippen LogP contribution in [-0.2, 0) is 0 Å². The molecular formula is C23H28IN. The number of benzene rings is 2. The molecule has 0 radical (unpaired) electrons. The molecule has 1 aliphatic heterocycles. The van der Waals surface area contributed by atoms with E-state index in [0.717, 1.165) is 17.4 Å². The highest BCUT2D eigenvalue weighted by molar-refractivity contribution is 5.33. The Morgan fingerprint density at radius 3 is 1.84 bits per heavy atom. The summed E-state index contributed by atoms with van der Waals surface area (Å²) in [6.07, 6.45) is 5.00. The van der Waals surface area contributed by atoms with E-state index in [4.69, 9.17) is 0 Å². The molecule has 132 valence electrons. The van der Waals surface area contributed by atoms with Gasteiger partial charge in [-0.05, 0) is 36.3 Å². The summed E-state index contributed by atoms with van der Waals surface area (Å²) in [7, 11) is 2.36. The summed E-state index contributed by atoms with van der Waals surface area (Å²) in [5, 5.41) is 0. The van der Waals surface area contributed by atoms with Gasteiger partial charge >= 0.3 is 0 Å². The van der Waals surface area contributed by atoms with Crippen molar-refractivity contribution in [3.05, 3.63) is 71.8 Å². The Kier molecular flexibility index (Phi) is 7.99. The van der Waals surface area contributed by atoms with Crippen molar-refractivity contribution in [2.45, 2.75) is 31.6 Å². The summed E-state index contributed by atoms with van der Waals surface area (Å²) >= 11 is 0. The van der Waals surface area contributed by atoms with Gasteiger partial charge in [0.05, 0.1) is 20.1 Å². The average Bonchev–Trinajstić information content (AvgIpc) is 2.64. The first-order valence-corrected chi connectivity index (χ1v) is 9.16. The fourth-order valence-corrected chi connectivity index (χ4v) is 3.65. The molecule has 1 nitrogen and oxygen atoms in total. The zero-order valence-corrected chi connectivity index (χ0v) is 17.3. The molecule has 1 fully saturated rings. The van der Waals surface area contributed by atoms with Crippen LogP contribution < -0.4 is 24.0 Å². The Morgan fingerprint density at radius 1 is 0.800 bits per heavy atom. The predicted molar refractivity (Wildman–Crippen MR) is 102 cm³/mol. The molecular weight excluding hydrogens is 417 g/mol. The largest absolute Gasteiger partial charge is 1.00 e. The highest BCUT2D eigenvalue weighted by Crippen LogP contribution is 2.27. The smallest absolute Gasteiger partial charge is 0.140 e. The van der Waals surface area contributed by atoms with E-state index < -0.39 is 0 Å². The zero-order valence-electron chi connectivity index (χ0n) is 15.1. The van der Waals surface area contributed by atoms with Crippen LogP contribution in [0.1, 0.15) is 42.7 Å². The summed E-state index contributed by atoms with van der Waals surface area (Å²) in [5.74, 6) is 7.34. The standard InChI is InChI=1S/C23H28N.HI/c1-24(18-10-4-11-19-24)20-12-9-17-23(21-13-5-2-6-14-21)22-15-7-3-8-16-22;/h2-3,5-8,13-16,23H,4,10-11,17-20H2,1H3;1H/q+1;/p-1. The molecule has 0 bridgehead atoms. The molecule has 0 unspecified atom stereocenters. The van der Waals surface area contributed by atoms with Gasteiger partial charge in [0.1, 0.15) is 6.54 Å². The molecule has 0 saturated carbocycles. The van der Waals surface area contributed by atoms with Crippen molar-refractivity contribution in [3.63, 3.8) is 0 Å². The molecule has 2 aromatic rings. The van der Waals surface area contributed by atoms with Crippen molar-refractivity contribution in [2.75, 3.05) is 26.7 Å². The SMILES string of the molecule is C[N+]1(CC#CCC(c2ccccc2)c2ccccc2)CCCCC1.[I-]. The maximum absolute atomic E-state index is 3.49. The number of piperidine rings is 1. The van der Waals surface area contributed by atoms with E-state index in [2.05, 4.69) is 79.6 Å². The number of rotatable bonds is 4. The van der Waals surface area contributed by atoms with E-state index in [1.807, 2.05) is 0 Å². The second-order valence-corrected chi connectivity index (χ2v) is 7.22. The first-order valence-electron chi connectivity index (χ1n) is 9.16. The van der Waals surface area contributed by atoms with Gasteiger partial charge in [-0.3, -0.25) is 0 Å². The van der Waals surface area contributed by atoms with E-state index in [1.54, 1.807) is 0 Å². The van der Waals surface area contributed by atoms with Gasteiger partial charge < -0.3 is 28.5 Å². The molecule has 0 spiro atoms. The van der Waals surface area contributed by atoms with Gasteiger partial charge in [0.15, 0.2) is 0 Å². The van der Waals surface area contributed by atoms with Crippen LogP contribution in [-0.4, -0.2) is 31.2 Å². The van der Waals surface area contributed by atoms with Gasteiger partial charge in [0.25, 0.3) is 0 Å². The number of hydrogen-bond acceptors (Lipinski definition) is 0. The minimum Gasteiger partial charge on any atom is -1.00 e. The van der Waals surface area contributed by atoms with E-state index in [9.17, 15) is 0 Å². The van der Waals surface area contributed by atoms with Crippen LogP contribution in [0.15, 0.2) is 60.7 Å². The topological polar surface area (TPSA) is 0 Å². The molecule has 0 amide bonds. The summed E-state index contributed by atoms with van der Waals surface area (Å²) in [4.78, 5) is 0. The summed E-state index contributed by atoms with van der Waals surface area (Å²) in [6, 6.07) is 21.5. The Balaban J connectivity index is 0.00000225. The van der Waals surface area contributed by atoms with Crippen LogP contribution in [0.5, 0.6) is 0 Å². The number of likely N-dealkylation sites (tertiary alicyclic amines) is 1. The van der Waals surface area contributed by atoms with Gasteiger partial charge in [-0.2, -0.15) is 0 Å². The lowest BCUT2D eigenvalue weighted by atomic mass is 9.89. The van der Waals surface area contributed by atoms with Crippen molar-refractivity contribution >= 4 is 0 Å². The quantitative estimate of drug-likeness (QED) is 0.383. The Bertz CT molecular complexity index is 639. The average molecular weight is 445 g/mol. The molecule has 0 aromatic heterocycles. The fourth-order valence-electron chi connectivity index (χ4n) is 3.65. The van der Waals surface area contributed by atoms with Gasteiger partial charge in [-0.1, -0.05) is 66.6 Å². The van der Waals surface area contributed by atoms with Crippen LogP contribution in [0.4, 0.5) is 0 Å². The maximum Gasteiger partial charge on any atom is 0.140 e. The predicted octanol–water partition coefficient (Wildman–Crippen LogP) is 1.85. The Labute approximate surface area is 170 Å². The lowest BCUT2D eigenvalue weighted by Crippen LogP contribution is -3.00. The molecule has 1 aliphatic rings. The van der Waals surface area contributed by atoms with E-state index in [-0.39, 0.29) is 24.0 Å². The zero-order chi connectivity index (χ0) is 16.7. The third-order valence-electron chi connectivity index (χ3n) is 5.19. The minimum absolute atomic E-state index is 0. The molecule has 25 heavy (non-hydrogen) atoms. The summed E-state index contributed by atoms with van der Waals surface area (Å²) in [6.45, 7) is 3.57. The molecule has 2 heteroatoms. The molecule has 0 aliphatic carbocycles. The third kappa shape index (κ3) is 5.87. The molecule has 3 rings (SSSR count). The fraction of sp³-hybridized carbons (Fsp3) is 0.391. The third-order valence-corrected chi connectivity index (χ3v) is 5.19. The highest BCUT2D eigenvalue weighted by Gasteiger charge is 2.23. The first kappa shape index (κ1) is 20.0. The van der Waals surface area contributed by atoms with Gasteiger partial charge in [0, 0.05) is 12.3 Å². The van der Waals surface area contributed by atoms with Crippen molar-refractivity contribution in [1.29, 1.82) is 0 Å². The maximum atomic E-state index is 3.49. The number of quaternary nitrogens is 1. The van der Waals surface area contributed by atoms with E-state index in [1.165, 1.54) is 43.5 Å². The lowest BCUT2D eigenvalue weighted by molar-refractivity contribution is -0.907. The second-order valence-electron chi connectivity index (χ2n) is 7.22. The molecule has 1 saturated heterocycles. The Hall–Kier alpha value is -1.31. The molecule has 1 heterocycles. The van der Waals surface area contributed by atoms with Crippen LogP contribution >= 0.6 is 0 Å². The van der Waals surface area contributed by atoms with E-state index in [0.29, 0.717) is 5.92 Å². The normalized spacial score (nSPS) is 15.8. The van der Waals surface area contributed by atoms with Crippen LogP contribution in [0.2, 0.25) is 0 Å². The van der Waals surface area contributed by atoms with E-state index >= 15 is 0 Å². The van der Waals surface area contributed by atoms with Crippen LogP contribution in [0.25, 0.3) is 0 Å². The van der Waals surface area contributed by atoms with Gasteiger partial charge in [-0.25, -0.2) is 0 Å². The van der Waals surface area contributed by atoms with Crippen molar-refractivity contribution in [1.82, 2.24) is 0 Å². The Morgan fingerprint density at radius 2 is 1.32 bits per heavy atom.